The summed E-state index contributed by atoms with van der Waals surface area (Å²) in [5.41, 5.74) is 0. The maximum atomic E-state index is 8.24. The predicted octanol–water partition coefficient (Wildman–Crippen LogP) is 2.29. The molecule has 1 rings (SSSR count). The van der Waals surface area contributed by atoms with Gasteiger partial charge >= 0.3 is 0 Å². The molecule has 1 aliphatic carbocycles. The van der Waals surface area contributed by atoms with E-state index in [1.807, 2.05) is 6.11 Å². The molecule has 0 unspecified atom stereocenters. The van der Waals surface area contributed by atoms with Gasteiger partial charge in [0, 0.05) is 6.42 Å². The number of hydrogen-bond acceptors (Lipinski definition) is 1. The standard InChI is InChI=1S/C9H14O/c10-8-4-7-9-5-2-1-3-6-9/h9-10H,1-3,5-7H2. The predicted molar refractivity (Wildman–Crippen MR) is 40.9 cm³/mol. The SMILES string of the molecule is OC#CCC1CCCCC1. The van der Waals surface area contributed by atoms with E-state index in [-0.39, 0.29) is 0 Å². The molecule has 0 spiro atoms. The second kappa shape index (κ2) is 4.22. The summed E-state index contributed by atoms with van der Waals surface area (Å²) in [5.74, 6) is 3.50. The number of aliphatic hydroxyl groups is 1. The van der Waals surface area contributed by atoms with Crippen molar-refractivity contribution in [3.8, 4) is 12.0 Å². The van der Waals surface area contributed by atoms with E-state index in [0.29, 0.717) is 0 Å². The Labute approximate surface area is 62.4 Å². The second-order valence-corrected chi connectivity index (χ2v) is 3.00. The first-order valence-electron chi connectivity index (χ1n) is 4.05. The smallest absolute Gasteiger partial charge is 0.107 e. The van der Waals surface area contributed by atoms with Gasteiger partial charge in [-0.25, -0.2) is 0 Å². The zero-order valence-corrected chi connectivity index (χ0v) is 6.27. The fraction of sp³-hybridized carbons (Fsp3) is 0.778. The third kappa shape index (κ3) is 2.31. The van der Waals surface area contributed by atoms with Gasteiger partial charge in [-0.1, -0.05) is 25.2 Å². The van der Waals surface area contributed by atoms with Crippen LogP contribution in [-0.4, -0.2) is 5.11 Å². The molecule has 1 saturated carbocycles. The minimum atomic E-state index is 0.772. The van der Waals surface area contributed by atoms with Crippen molar-refractivity contribution in [1.82, 2.24) is 0 Å². The number of rotatable bonds is 1. The lowest BCUT2D eigenvalue weighted by atomic mass is 9.87. The van der Waals surface area contributed by atoms with E-state index in [1.54, 1.807) is 0 Å². The van der Waals surface area contributed by atoms with Crippen LogP contribution in [0.4, 0.5) is 0 Å². The van der Waals surface area contributed by atoms with Gasteiger partial charge in [0.15, 0.2) is 0 Å². The molecular weight excluding hydrogens is 124 g/mol. The molecule has 0 heterocycles. The molecule has 0 aromatic heterocycles. The van der Waals surface area contributed by atoms with Crippen molar-refractivity contribution in [2.24, 2.45) is 5.92 Å². The second-order valence-electron chi connectivity index (χ2n) is 3.00. The summed E-state index contributed by atoms with van der Waals surface area (Å²) in [7, 11) is 0. The largest absolute Gasteiger partial charge is 0.462 e. The third-order valence-corrected chi connectivity index (χ3v) is 2.19. The van der Waals surface area contributed by atoms with Gasteiger partial charge in [-0.2, -0.15) is 0 Å². The van der Waals surface area contributed by atoms with Gasteiger partial charge in [-0.15, -0.1) is 0 Å². The molecule has 0 bridgehead atoms. The minimum absolute atomic E-state index is 0.772. The van der Waals surface area contributed by atoms with Crippen molar-refractivity contribution in [1.29, 1.82) is 0 Å². The average Bonchev–Trinajstić information content (AvgIpc) is 2.03. The Morgan fingerprint density at radius 3 is 2.50 bits per heavy atom. The van der Waals surface area contributed by atoms with Crippen LogP contribution >= 0.6 is 0 Å². The summed E-state index contributed by atoms with van der Waals surface area (Å²) < 4.78 is 0. The first-order valence-corrected chi connectivity index (χ1v) is 4.05. The maximum Gasteiger partial charge on any atom is 0.107 e. The summed E-state index contributed by atoms with van der Waals surface area (Å²) >= 11 is 0. The van der Waals surface area contributed by atoms with Crippen LogP contribution in [0.15, 0.2) is 0 Å². The Kier molecular flexibility index (Phi) is 3.15. The molecular formula is C9H14O. The van der Waals surface area contributed by atoms with Crippen molar-refractivity contribution >= 4 is 0 Å². The van der Waals surface area contributed by atoms with E-state index in [2.05, 4.69) is 5.92 Å². The Morgan fingerprint density at radius 2 is 1.90 bits per heavy atom. The normalized spacial score (nSPS) is 19.6. The Morgan fingerprint density at radius 1 is 1.20 bits per heavy atom. The summed E-state index contributed by atoms with van der Waals surface area (Å²) in [6.45, 7) is 0. The van der Waals surface area contributed by atoms with E-state index in [9.17, 15) is 0 Å². The van der Waals surface area contributed by atoms with Gasteiger partial charge in [0.2, 0.25) is 0 Å². The maximum absolute atomic E-state index is 8.24. The van der Waals surface area contributed by atoms with Crippen molar-refractivity contribution in [2.75, 3.05) is 0 Å². The van der Waals surface area contributed by atoms with Crippen LogP contribution in [0.3, 0.4) is 0 Å². The highest BCUT2D eigenvalue weighted by Crippen LogP contribution is 2.25. The molecule has 1 fully saturated rings. The van der Waals surface area contributed by atoms with Crippen LogP contribution in [0.25, 0.3) is 0 Å². The highest BCUT2D eigenvalue weighted by molar-refractivity contribution is 4.92. The van der Waals surface area contributed by atoms with E-state index >= 15 is 0 Å². The fourth-order valence-electron chi connectivity index (χ4n) is 1.58. The van der Waals surface area contributed by atoms with Crippen LogP contribution in [0.5, 0.6) is 0 Å². The first-order chi connectivity index (χ1) is 4.93. The average molecular weight is 138 g/mol. The molecule has 0 radical (unpaired) electrons. The Balaban J connectivity index is 2.17. The topological polar surface area (TPSA) is 20.2 Å². The fourth-order valence-corrected chi connectivity index (χ4v) is 1.58. The van der Waals surface area contributed by atoms with Crippen molar-refractivity contribution in [2.45, 2.75) is 38.5 Å². The molecule has 0 atom stereocenters. The molecule has 1 heteroatoms. The Hall–Kier alpha value is -0.640. The van der Waals surface area contributed by atoms with Crippen LogP contribution < -0.4 is 0 Å². The molecule has 0 saturated heterocycles. The van der Waals surface area contributed by atoms with E-state index in [1.165, 1.54) is 32.1 Å². The number of hydrogen-bond donors (Lipinski definition) is 1. The Bertz CT molecular complexity index is 135. The van der Waals surface area contributed by atoms with Crippen LogP contribution in [0.1, 0.15) is 38.5 Å². The summed E-state index contributed by atoms with van der Waals surface area (Å²) in [6, 6.07) is 0. The molecule has 0 amide bonds. The third-order valence-electron chi connectivity index (χ3n) is 2.19. The monoisotopic (exact) mass is 138 g/mol. The van der Waals surface area contributed by atoms with Crippen molar-refractivity contribution in [3.05, 3.63) is 0 Å². The van der Waals surface area contributed by atoms with Crippen molar-refractivity contribution in [3.63, 3.8) is 0 Å². The molecule has 56 valence electrons. The molecule has 0 aromatic rings. The summed E-state index contributed by atoms with van der Waals surface area (Å²) in [4.78, 5) is 0. The summed E-state index contributed by atoms with van der Waals surface area (Å²) in [6.07, 6.45) is 9.60. The lowest BCUT2D eigenvalue weighted by molar-refractivity contribution is 0.364. The number of aliphatic hydroxyl groups excluding tert-OH is 1. The van der Waals surface area contributed by atoms with Gasteiger partial charge in [-0.05, 0) is 18.8 Å². The van der Waals surface area contributed by atoms with Gasteiger partial charge in [0.1, 0.15) is 6.11 Å². The van der Waals surface area contributed by atoms with E-state index in [0.717, 1.165) is 12.3 Å². The molecule has 10 heavy (non-hydrogen) atoms. The van der Waals surface area contributed by atoms with Crippen LogP contribution in [0, 0.1) is 17.9 Å². The lowest BCUT2D eigenvalue weighted by Gasteiger charge is -2.18. The minimum Gasteiger partial charge on any atom is -0.462 e. The van der Waals surface area contributed by atoms with Gasteiger partial charge in [0.05, 0.1) is 0 Å². The molecule has 1 nitrogen and oxygen atoms in total. The van der Waals surface area contributed by atoms with Gasteiger partial charge < -0.3 is 5.11 Å². The molecule has 0 aliphatic heterocycles. The molecule has 1 aliphatic rings. The van der Waals surface area contributed by atoms with Crippen molar-refractivity contribution < 1.29 is 5.11 Å². The quantitative estimate of drug-likeness (QED) is 0.551. The van der Waals surface area contributed by atoms with Crippen LogP contribution in [0.2, 0.25) is 0 Å². The van der Waals surface area contributed by atoms with Crippen LogP contribution in [-0.2, 0) is 0 Å². The van der Waals surface area contributed by atoms with E-state index < -0.39 is 0 Å². The first kappa shape index (κ1) is 7.47. The van der Waals surface area contributed by atoms with E-state index in [4.69, 9.17) is 5.11 Å². The summed E-state index contributed by atoms with van der Waals surface area (Å²) in [5, 5.41) is 8.24. The van der Waals surface area contributed by atoms with Gasteiger partial charge in [0.25, 0.3) is 0 Å². The zero-order valence-electron chi connectivity index (χ0n) is 6.27. The lowest BCUT2D eigenvalue weighted by Crippen LogP contribution is -2.04. The highest BCUT2D eigenvalue weighted by atomic mass is 16.2. The molecule has 1 N–H and O–H groups in total. The molecule has 0 aromatic carbocycles. The zero-order chi connectivity index (χ0) is 7.23. The highest BCUT2D eigenvalue weighted by Gasteiger charge is 2.11. The van der Waals surface area contributed by atoms with Gasteiger partial charge in [-0.3, -0.25) is 0 Å².